The first-order valence-corrected chi connectivity index (χ1v) is 9.09. The van der Waals surface area contributed by atoms with E-state index in [1.165, 1.54) is 37.7 Å². The lowest BCUT2D eigenvalue weighted by molar-refractivity contribution is -0.137. The van der Waals surface area contributed by atoms with Gasteiger partial charge in [0.1, 0.15) is 6.33 Å². The zero-order valence-electron chi connectivity index (χ0n) is 14.8. The molecule has 2 aromatic heterocycles. The number of piperidine rings is 1. The average Bonchev–Trinajstić information content (AvgIpc) is 3.10. The first-order chi connectivity index (χ1) is 13.0. The van der Waals surface area contributed by atoms with Crippen LogP contribution >= 0.6 is 0 Å². The number of alkyl halides is 3. The van der Waals surface area contributed by atoms with Crippen LogP contribution in [0.4, 0.5) is 13.2 Å². The van der Waals surface area contributed by atoms with E-state index in [-0.39, 0.29) is 11.3 Å². The number of likely N-dealkylation sites (tertiary alicyclic amines) is 1. The number of fused-ring (bicyclic) bond motifs is 1. The van der Waals surface area contributed by atoms with E-state index >= 15 is 0 Å². The summed E-state index contributed by atoms with van der Waals surface area (Å²) in [6.07, 6.45) is 2.12. The molecule has 5 nitrogen and oxygen atoms in total. The lowest BCUT2D eigenvalue weighted by Gasteiger charge is -2.26. The van der Waals surface area contributed by atoms with Gasteiger partial charge in [0.2, 0.25) is 0 Å². The molecule has 1 aliphatic heterocycles. The minimum atomic E-state index is -4.45. The van der Waals surface area contributed by atoms with E-state index in [0.717, 1.165) is 25.7 Å². The highest BCUT2D eigenvalue weighted by Crippen LogP contribution is 2.38. The van der Waals surface area contributed by atoms with Crippen molar-refractivity contribution >= 4 is 11.0 Å². The van der Waals surface area contributed by atoms with Gasteiger partial charge in [-0.05, 0) is 32.0 Å². The fraction of sp³-hybridized carbons (Fsp3) is 0.421. The average molecular weight is 375 g/mol. The standard InChI is InChI=1S/C19H20F3N5/c20-19(21,22)16-7-3-2-6-14(16)17-15-12-25-27(18(15)24-13-23-17)11-10-26-8-4-1-5-9-26/h2-3,6-7,12-13H,1,4-5,8-11H2. The summed E-state index contributed by atoms with van der Waals surface area (Å²) in [5.74, 6) is 0. The second kappa shape index (κ2) is 7.26. The molecule has 0 amide bonds. The summed E-state index contributed by atoms with van der Waals surface area (Å²) in [7, 11) is 0. The van der Waals surface area contributed by atoms with Gasteiger partial charge < -0.3 is 4.90 Å². The highest BCUT2D eigenvalue weighted by molar-refractivity contribution is 5.90. The van der Waals surface area contributed by atoms with E-state index in [9.17, 15) is 13.2 Å². The fourth-order valence-electron chi connectivity index (χ4n) is 3.63. The Balaban J connectivity index is 1.67. The van der Waals surface area contributed by atoms with Crippen molar-refractivity contribution in [1.82, 2.24) is 24.6 Å². The second-order valence-corrected chi connectivity index (χ2v) is 6.77. The predicted molar refractivity (Wildman–Crippen MR) is 96.1 cm³/mol. The fourth-order valence-corrected chi connectivity index (χ4v) is 3.63. The van der Waals surface area contributed by atoms with Crippen molar-refractivity contribution in [2.24, 2.45) is 0 Å². The van der Waals surface area contributed by atoms with Gasteiger partial charge in [-0.3, -0.25) is 0 Å². The molecule has 27 heavy (non-hydrogen) atoms. The summed E-state index contributed by atoms with van der Waals surface area (Å²) in [6.45, 7) is 3.67. The van der Waals surface area contributed by atoms with Crippen molar-refractivity contribution in [1.29, 1.82) is 0 Å². The Morgan fingerprint density at radius 2 is 1.74 bits per heavy atom. The lowest BCUT2D eigenvalue weighted by Crippen LogP contribution is -2.32. The Morgan fingerprint density at radius 1 is 0.963 bits per heavy atom. The van der Waals surface area contributed by atoms with Crippen molar-refractivity contribution in [2.75, 3.05) is 19.6 Å². The van der Waals surface area contributed by atoms with Crippen LogP contribution in [0, 0.1) is 0 Å². The van der Waals surface area contributed by atoms with Gasteiger partial charge >= 0.3 is 6.18 Å². The van der Waals surface area contributed by atoms with E-state index < -0.39 is 11.7 Å². The van der Waals surface area contributed by atoms with Crippen LogP contribution in [0.1, 0.15) is 24.8 Å². The van der Waals surface area contributed by atoms with Crippen LogP contribution < -0.4 is 0 Å². The molecule has 1 fully saturated rings. The van der Waals surface area contributed by atoms with Crippen molar-refractivity contribution in [3.8, 4) is 11.3 Å². The molecule has 0 atom stereocenters. The van der Waals surface area contributed by atoms with E-state index in [1.807, 2.05) is 0 Å². The monoisotopic (exact) mass is 375 g/mol. The van der Waals surface area contributed by atoms with Crippen LogP contribution in [0.15, 0.2) is 36.8 Å². The SMILES string of the molecule is FC(F)(F)c1ccccc1-c1ncnc2c1cnn2CCN1CCCCC1. The molecule has 3 heterocycles. The molecule has 0 N–H and O–H groups in total. The smallest absolute Gasteiger partial charge is 0.301 e. The number of hydrogen-bond acceptors (Lipinski definition) is 4. The molecule has 0 unspecified atom stereocenters. The third-order valence-electron chi connectivity index (χ3n) is 5.00. The summed E-state index contributed by atoms with van der Waals surface area (Å²) >= 11 is 0. The Hall–Kier alpha value is -2.48. The molecule has 0 spiro atoms. The zero-order valence-corrected chi connectivity index (χ0v) is 14.8. The van der Waals surface area contributed by atoms with Gasteiger partial charge in [0, 0.05) is 12.1 Å². The highest BCUT2D eigenvalue weighted by atomic mass is 19.4. The van der Waals surface area contributed by atoms with Gasteiger partial charge in [-0.2, -0.15) is 18.3 Å². The third-order valence-corrected chi connectivity index (χ3v) is 5.00. The number of nitrogens with zero attached hydrogens (tertiary/aromatic N) is 5. The summed E-state index contributed by atoms with van der Waals surface area (Å²) in [5, 5.41) is 4.90. The number of hydrogen-bond donors (Lipinski definition) is 0. The Bertz CT molecular complexity index is 928. The maximum Gasteiger partial charge on any atom is 0.417 e. The van der Waals surface area contributed by atoms with Gasteiger partial charge in [0.05, 0.1) is 29.4 Å². The molecule has 1 saturated heterocycles. The van der Waals surface area contributed by atoms with Crippen LogP contribution in [0.3, 0.4) is 0 Å². The number of benzene rings is 1. The van der Waals surface area contributed by atoms with Gasteiger partial charge in [0.15, 0.2) is 5.65 Å². The van der Waals surface area contributed by atoms with Gasteiger partial charge in [-0.1, -0.05) is 24.6 Å². The molecule has 4 rings (SSSR count). The molecule has 3 aromatic rings. The molecule has 8 heteroatoms. The minimum Gasteiger partial charge on any atom is -0.301 e. The topological polar surface area (TPSA) is 46.8 Å². The normalized spacial score (nSPS) is 16.1. The molecular weight excluding hydrogens is 355 g/mol. The highest BCUT2D eigenvalue weighted by Gasteiger charge is 2.34. The predicted octanol–water partition coefficient (Wildman–Crippen LogP) is 4.00. The van der Waals surface area contributed by atoms with Crippen LogP contribution in [0.2, 0.25) is 0 Å². The number of halogens is 3. The number of rotatable bonds is 4. The second-order valence-electron chi connectivity index (χ2n) is 6.77. The van der Waals surface area contributed by atoms with Crippen LogP contribution in [0.25, 0.3) is 22.3 Å². The Kier molecular flexibility index (Phi) is 4.82. The van der Waals surface area contributed by atoms with Crippen LogP contribution in [-0.4, -0.2) is 44.3 Å². The van der Waals surface area contributed by atoms with Crippen LogP contribution in [0.5, 0.6) is 0 Å². The van der Waals surface area contributed by atoms with Gasteiger partial charge in [-0.15, -0.1) is 0 Å². The summed E-state index contributed by atoms with van der Waals surface area (Å²) in [6, 6.07) is 5.48. The van der Waals surface area contributed by atoms with E-state index in [0.29, 0.717) is 17.6 Å². The van der Waals surface area contributed by atoms with E-state index in [4.69, 9.17) is 0 Å². The Labute approximate surface area is 154 Å². The van der Waals surface area contributed by atoms with Crippen molar-refractivity contribution < 1.29 is 13.2 Å². The molecule has 0 saturated carbocycles. The zero-order chi connectivity index (χ0) is 18.9. The molecule has 0 aliphatic carbocycles. The molecule has 142 valence electrons. The van der Waals surface area contributed by atoms with E-state index in [2.05, 4.69) is 20.0 Å². The largest absolute Gasteiger partial charge is 0.417 e. The number of aromatic nitrogens is 4. The first kappa shape index (κ1) is 17.9. The van der Waals surface area contributed by atoms with Gasteiger partial charge in [-0.25, -0.2) is 14.6 Å². The first-order valence-electron chi connectivity index (χ1n) is 9.09. The third kappa shape index (κ3) is 3.66. The van der Waals surface area contributed by atoms with E-state index in [1.54, 1.807) is 16.9 Å². The van der Waals surface area contributed by atoms with Gasteiger partial charge in [0.25, 0.3) is 0 Å². The maximum absolute atomic E-state index is 13.4. The van der Waals surface area contributed by atoms with Crippen molar-refractivity contribution in [2.45, 2.75) is 32.0 Å². The maximum atomic E-state index is 13.4. The summed E-state index contributed by atoms with van der Waals surface area (Å²) in [4.78, 5) is 10.8. The van der Waals surface area contributed by atoms with Crippen molar-refractivity contribution in [3.63, 3.8) is 0 Å². The summed E-state index contributed by atoms with van der Waals surface area (Å²) < 4.78 is 41.9. The molecular formula is C19H20F3N5. The Morgan fingerprint density at radius 3 is 2.52 bits per heavy atom. The van der Waals surface area contributed by atoms with Crippen LogP contribution in [-0.2, 0) is 12.7 Å². The lowest BCUT2D eigenvalue weighted by atomic mass is 10.0. The minimum absolute atomic E-state index is 0.0491. The molecule has 1 aromatic carbocycles. The quantitative estimate of drug-likeness (QED) is 0.692. The molecule has 0 bridgehead atoms. The molecule has 1 aliphatic rings. The summed E-state index contributed by atoms with van der Waals surface area (Å²) in [5.41, 5.74) is 0.171. The molecule has 0 radical (unpaired) electrons. The van der Waals surface area contributed by atoms with Crippen molar-refractivity contribution in [3.05, 3.63) is 42.4 Å².